The monoisotopic (exact) mass is 469 g/mol. The summed E-state index contributed by atoms with van der Waals surface area (Å²) in [5.41, 5.74) is 4.49. The summed E-state index contributed by atoms with van der Waals surface area (Å²) in [5.74, 6) is -1.77. The quantitative estimate of drug-likeness (QED) is 0.174. The number of aliphatic carboxylic acids is 1. The summed E-state index contributed by atoms with van der Waals surface area (Å²) in [7, 11) is 0. The van der Waals surface area contributed by atoms with Crippen LogP contribution >= 0.6 is 11.3 Å². The van der Waals surface area contributed by atoms with Crippen molar-refractivity contribution in [3.8, 4) is 11.3 Å². The van der Waals surface area contributed by atoms with E-state index in [0.717, 1.165) is 10.4 Å². The van der Waals surface area contributed by atoms with Gasteiger partial charge in [0.25, 0.3) is 0 Å². The molecule has 9 nitrogen and oxygen atoms in total. The number of aromatic nitrogens is 2. The zero-order chi connectivity index (χ0) is 23.5. The molecular formula is C22H20FN5O4S. The van der Waals surface area contributed by atoms with Crippen molar-refractivity contribution in [3.05, 3.63) is 60.1 Å². The van der Waals surface area contributed by atoms with Crippen LogP contribution in [0.25, 0.3) is 21.5 Å². The van der Waals surface area contributed by atoms with E-state index >= 15 is 0 Å². The Balaban J connectivity index is 1.58. The first kappa shape index (κ1) is 22.4. The van der Waals surface area contributed by atoms with Crippen molar-refractivity contribution in [1.82, 2.24) is 15.6 Å². The lowest BCUT2D eigenvalue weighted by atomic mass is 10.1. The van der Waals surface area contributed by atoms with Crippen LogP contribution < -0.4 is 10.8 Å². The van der Waals surface area contributed by atoms with E-state index in [4.69, 9.17) is 4.52 Å². The standard InChI is InChI=1S/C22H20FN5O4S/c1-11(2)19(21(29)30)26-20(27-31)17-10-16(28-32-17)12-4-3-5-14(8-12)24-22-25-15-7-6-13(23)9-18(15)33-22/h3-11,19,31H,1-2H3,(H,24,25)(H,26,27)(H,29,30)/t19-/m0/s1. The fraction of sp³-hybridized carbons (Fsp3) is 0.182. The number of aliphatic imine (C=N–C) groups is 1. The molecule has 2 aromatic carbocycles. The van der Waals surface area contributed by atoms with E-state index in [2.05, 4.69) is 20.4 Å². The summed E-state index contributed by atoms with van der Waals surface area (Å²) < 4.78 is 19.4. The minimum atomic E-state index is -1.12. The van der Waals surface area contributed by atoms with Gasteiger partial charge in [0.05, 0.1) is 10.2 Å². The molecular weight excluding hydrogens is 449 g/mol. The summed E-state index contributed by atoms with van der Waals surface area (Å²) in [4.78, 5) is 19.9. The molecule has 4 rings (SSSR count). The first-order chi connectivity index (χ1) is 15.8. The molecule has 0 radical (unpaired) electrons. The fourth-order valence-corrected chi connectivity index (χ4v) is 4.04. The normalized spacial score (nSPS) is 12.8. The molecule has 0 unspecified atom stereocenters. The number of hydroxylamine groups is 1. The molecule has 0 fully saturated rings. The third kappa shape index (κ3) is 4.99. The number of rotatable bonds is 7. The topological polar surface area (TPSA) is 133 Å². The zero-order valence-corrected chi connectivity index (χ0v) is 18.4. The van der Waals surface area contributed by atoms with E-state index in [9.17, 15) is 19.5 Å². The van der Waals surface area contributed by atoms with Gasteiger partial charge in [-0.05, 0) is 36.2 Å². The SMILES string of the molecule is CC(C)[C@H](N=C(NO)c1cc(-c2cccc(Nc3nc4ccc(F)cc4s3)c2)no1)C(=O)O. The summed E-state index contributed by atoms with van der Waals surface area (Å²) in [6.07, 6.45) is 0. The van der Waals surface area contributed by atoms with E-state index in [1.165, 1.54) is 23.5 Å². The van der Waals surface area contributed by atoms with Gasteiger partial charge in [-0.1, -0.05) is 42.5 Å². The van der Waals surface area contributed by atoms with Gasteiger partial charge < -0.3 is 14.9 Å². The highest BCUT2D eigenvalue weighted by molar-refractivity contribution is 7.22. The molecule has 0 aliphatic carbocycles. The van der Waals surface area contributed by atoms with Crippen LogP contribution in [0.3, 0.4) is 0 Å². The minimum Gasteiger partial charge on any atom is -0.480 e. The second-order valence-corrected chi connectivity index (χ2v) is 8.56. The molecule has 2 heterocycles. The Labute approximate surface area is 191 Å². The van der Waals surface area contributed by atoms with E-state index in [-0.39, 0.29) is 23.3 Å². The van der Waals surface area contributed by atoms with Crippen LogP contribution in [-0.4, -0.2) is 38.3 Å². The Bertz CT molecular complexity index is 1330. The van der Waals surface area contributed by atoms with Crippen molar-refractivity contribution in [3.63, 3.8) is 0 Å². The maximum atomic E-state index is 13.4. The molecule has 170 valence electrons. The Kier molecular flexibility index (Phi) is 6.33. The number of thiazole rings is 1. The number of halogens is 1. The predicted octanol–water partition coefficient (Wildman–Crippen LogP) is 4.67. The molecule has 0 bridgehead atoms. The smallest absolute Gasteiger partial charge is 0.328 e. The molecule has 0 aliphatic heterocycles. The first-order valence-corrected chi connectivity index (χ1v) is 10.8. The fourth-order valence-electron chi connectivity index (χ4n) is 3.13. The average molecular weight is 469 g/mol. The molecule has 0 spiro atoms. The lowest BCUT2D eigenvalue weighted by Crippen LogP contribution is -2.29. The van der Waals surface area contributed by atoms with Crippen LogP contribution in [0, 0.1) is 11.7 Å². The Morgan fingerprint density at radius 2 is 2.03 bits per heavy atom. The first-order valence-electron chi connectivity index (χ1n) is 9.95. The van der Waals surface area contributed by atoms with Gasteiger partial charge in [-0.3, -0.25) is 5.21 Å². The van der Waals surface area contributed by atoms with E-state index < -0.39 is 12.0 Å². The molecule has 0 aliphatic rings. The van der Waals surface area contributed by atoms with Crippen LogP contribution in [0.4, 0.5) is 15.2 Å². The van der Waals surface area contributed by atoms with Crippen molar-refractivity contribution in [2.24, 2.45) is 10.9 Å². The average Bonchev–Trinajstić information content (AvgIpc) is 3.41. The molecule has 11 heteroatoms. The molecule has 4 N–H and O–H groups in total. The molecule has 0 saturated heterocycles. The Morgan fingerprint density at radius 1 is 1.21 bits per heavy atom. The second kappa shape index (κ2) is 9.35. The van der Waals surface area contributed by atoms with Gasteiger partial charge in [-0.2, -0.15) is 0 Å². The molecule has 4 aromatic rings. The van der Waals surface area contributed by atoms with Crippen molar-refractivity contribution in [2.45, 2.75) is 19.9 Å². The number of nitrogens with one attached hydrogen (secondary N) is 2. The van der Waals surface area contributed by atoms with Gasteiger partial charge in [0, 0.05) is 17.3 Å². The highest BCUT2D eigenvalue weighted by Gasteiger charge is 2.23. The molecule has 1 atom stereocenters. The number of carbonyl (C=O) groups is 1. The van der Waals surface area contributed by atoms with Crippen LogP contribution in [0.2, 0.25) is 0 Å². The van der Waals surface area contributed by atoms with Crippen LogP contribution in [0.1, 0.15) is 19.6 Å². The van der Waals surface area contributed by atoms with E-state index in [0.29, 0.717) is 21.9 Å². The van der Waals surface area contributed by atoms with Gasteiger partial charge in [0.1, 0.15) is 11.5 Å². The molecule has 0 amide bonds. The third-order valence-electron chi connectivity index (χ3n) is 4.76. The van der Waals surface area contributed by atoms with Gasteiger partial charge in [-0.25, -0.2) is 24.6 Å². The largest absolute Gasteiger partial charge is 0.480 e. The summed E-state index contributed by atoms with van der Waals surface area (Å²) >= 11 is 1.33. The van der Waals surface area contributed by atoms with Crippen molar-refractivity contribution >= 4 is 44.2 Å². The number of benzene rings is 2. The number of hydrogen-bond donors (Lipinski definition) is 4. The second-order valence-electron chi connectivity index (χ2n) is 7.53. The van der Waals surface area contributed by atoms with E-state index in [1.807, 2.05) is 29.7 Å². The zero-order valence-electron chi connectivity index (χ0n) is 17.6. The number of amidine groups is 1. The highest BCUT2D eigenvalue weighted by Crippen LogP contribution is 2.30. The Hall–Kier alpha value is -3.83. The Morgan fingerprint density at radius 3 is 2.76 bits per heavy atom. The van der Waals surface area contributed by atoms with Crippen molar-refractivity contribution < 1.29 is 24.0 Å². The number of carboxylic acid groups (broad SMARTS) is 1. The molecule has 33 heavy (non-hydrogen) atoms. The molecule has 0 saturated carbocycles. The van der Waals surface area contributed by atoms with Crippen LogP contribution in [-0.2, 0) is 4.79 Å². The van der Waals surface area contributed by atoms with Gasteiger partial charge in [0.2, 0.25) is 5.76 Å². The van der Waals surface area contributed by atoms with Crippen molar-refractivity contribution in [2.75, 3.05) is 5.32 Å². The van der Waals surface area contributed by atoms with Gasteiger partial charge in [0.15, 0.2) is 17.0 Å². The maximum absolute atomic E-state index is 13.4. The number of anilines is 2. The van der Waals surface area contributed by atoms with Crippen LogP contribution in [0.15, 0.2) is 58.0 Å². The number of nitrogens with zero attached hydrogens (tertiary/aromatic N) is 3. The number of hydrogen-bond acceptors (Lipinski definition) is 8. The minimum absolute atomic E-state index is 0.0889. The van der Waals surface area contributed by atoms with E-state index in [1.54, 1.807) is 26.0 Å². The third-order valence-corrected chi connectivity index (χ3v) is 5.70. The molecule has 2 aromatic heterocycles. The van der Waals surface area contributed by atoms with Crippen molar-refractivity contribution in [1.29, 1.82) is 0 Å². The predicted molar refractivity (Wildman–Crippen MR) is 123 cm³/mol. The summed E-state index contributed by atoms with van der Waals surface area (Å²) in [6, 6.07) is 12.2. The van der Waals surface area contributed by atoms with Gasteiger partial charge >= 0.3 is 5.97 Å². The number of fused-ring (bicyclic) bond motifs is 1. The summed E-state index contributed by atoms with van der Waals surface area (Å²) in [6.45, 7) is 3.42. The number of carboxylic acids is 1. The van der Waals surface area contributed by atoms with Gasteiger partial charge in [-0.15, -0.1) is 0 Å². The highest BCUT2D eigenvalue weighted by atomic mass is 32.1. The lowest BCUT2D eigenvalue weighted by Gasteiger charge is -2.12. The maximum Gasteiger partial charge on any atom is 0.328 e. The lowest BCUT2D eigenvalue weighted by molar-refractivity contribution is -0.139. The van der Waals surface area contributed by atoms with Crippen LogP contribution in [0.5, 0.6) is 0 Å². The summed E-state index contributed by atoms with van der Waals surface area (Å²) in [5, 5.41) is 26.6.